The highest BCUT2D eigenvalue weighted by Gasteiger charge is 2.15. The lowest BCUT2D eigenvalue weighted by Gasteiger charge is -2.07. The van der Waals surface area contributed by atoms with Crippen molar-refractivity contribution < 1.29 is 15.0 Å². The van der Waals surface area contributed by atoms with Gasteiger partial charge in [0, 0.05) is 4.88 Å². The molecule has 0 aliphatic rings. The van der Waals surface area contributed by atoms with E-state index in [0.29, 0.717) is 0 Å². The molecule has 0 aliphatic heterocycles. The Morgan fingerprint density at radius 2 is 2.38 bits per heavy atom. The van der Waals surface area contributed by atoms with Gasteiger partial charge < -0.3 is 10.2 Å². The first-order valence-electron chi connectivity index (χ1n) is 4.11. The van der Waals surface area contributed by atoms with Gasteiger partial charge in [0.1, 0.15) is 0 Å². The Kier molecular flexibility index (Phi) is 3.45. The number of thiophene rings is 1. The van der Waals surface area contributed by atoms with Crippen molar-refractivity contribution in [1.82, 2.24) is 0 Å². The van der Waals surface area contributed by atoms with Gasteiger partial charge in [-0.2, -0.15) is 0 Å². The predicted octanol–water partition coefficient (Wildman–Crippen LogP) is 1.82. The Hall–Kier alpha value is -0.870. The molecule has 1 aromatic heterocycles. The third kappa shape index (κ3) is 2.54. The maximum Gasteiger partial charge on any atom is 0.306 e. The molecule has 3 nitrogen and oxygen atoms in total. The van der Waals surface area contributed by atoms with E-state index in [1.165, 1.54) is 11.3 Å². The molecule has 0 fully saturated rings. The lowest BCUT2D eigenvalue weighted by atomic mass is 10.1. The molecule has 1 atom stereocenters. The number of carboxylic acid groups (broad SMARTS) is 1. The van der Waals surface area contributed by atoms with Crippen molar-refractivity contribution in [2.24, 2.45) is 0 Å². The topological polar surface area (TPSA) is 57.5 Å². The summed E-state index contributed by atoms with van der Waals surface area (Å²) in [6.07, 6.45) is -0.240. The largest absolute Gasteiger partial charge is 0.481 e. The second-order valence-electron chi connectivity index (χ2n) is 2.78. The predicted molar refractivity (Wildman–Crippen MR) is 50.9 cm³/mol. The van der Waals surface area contributed by atoms with E-state index in [1.54, 1.807) is 0 Å². The van der Waals surface area contributed by atoms with E-state index in [-0.39, 0.29) is 6.42 Å². The number of aryl methyl sites for hydroxylation is 1. The zero-order valence-electron chi connectivity index (χ0n) is 7.36. The van der Waals surface area contributed by atoms with Crippen LogP contribution in [0.15, 0.2) is 11.4 Å². The first kappa shape index (κ1) is 10.2. The summed E-state index contributed by atoms with van der Waals surface area (Å²) >= 11 is 1.41. The van der Waals surface area contributed by atoms with Crippen LogP contribution in [0.1, 0.15) is 29.9 Å². The van der Waals surface area contributed by atoms with Crippen LogP contribution in [0.4, 0.5) is 0 Å². The Labute approximate surface area is 80.6 Å². The minimum Gasteiger partial charge on any atom is -0.481 e. The molecule has 1 aromatic rings. The van der Waals surface area contributed by atoms with Crippen LogP contribution in [0.25, 0.3) is 0 Å². The quantitative estimate of drug-likeness (QED) is 0.779. The fourth-order valence-corrected chi connectivity index (χ4v) is 2.17. The highest BCUT2D eigenvalue weighted by atomic mass is 32.1. The smallest absolute Gasteiger partial charge is 0.306 e. The molecule has 0 amide bonds. The molecule has 0 spiro atoms. The van der Waals surface area contributed by atoms with Crippen molar-refractivity contribution in [1.29, 1.82) is 0 Å². The molecule has 0 aliphatic carbocycles. The van der Waals surface area contributed by atoms with E-state index in [9.17, 15) is 9.90 Å². The highest BCUT2D eigenvalue weighted by Crippen LogP contribution is 2.26. The third-order valence-electron chi connectivity index (χ3n) is 1.83. The van der Waals surface area contributed by atoms with Crippen molar-refractivity contribution in [2.75, 3.05) is 0 Å². The number of aliphatic hydroxyl groups excluding tert-OH is 1. The molecule has 0 radical (unpaired) electrons. The average Bonchev–Trinajstić information content (AvgIpc) is 2.49. The SMILES string of the molecule is CCc1ccsc1[C@H](O)CC(=O)O. The molecule has 4 heteroatoms. The summed E-state index contributed by atoms with van der Waals surface area (Å²) in [6.45, 7) is 1.99. The molecule has 13 heavy (non-hydrogen) atoms. The Bertz CT molecular complexity index is 293. The Morgan fingerprint density at radius 1 is 1.69 bits per heavy atom. The van der Waals surface area contributed by atoms with Crippen molar-refractivity contribution in [3.05, 3.63) is 21.9 Å². The second kappa shape index (κ2) is 4.39. The molecule has 1 rings (SSSR count). The van der Waals surface area contributed by atoms with Crippen LogP contribution in [-0.2, 0) is 11.2 Å². The van der Waals surface area contributed by atoms with Gasteiger partial charge in [0.05, 0.1) is 12.5 Å². The van der Waals surface area contributed by atoms with Gasteiger partial charge in [0.2, 0.25) is 0 Å². The molecule has 72 valence electrons. The monoisotopic (exact) mass is 200 g/mol. The maximum atomic E-state index is 10.3. The summed E-state index contributed by atoms with van der Waals surface area (Å²) in [6, 6.07) is 1.92. The summed E-state index contributed by atoms with van der Waals surface area (Å²) in [4.78, 5) is 11.1. The number of hydrogen-bond acceptors (Lipinski definition) is 3. The van der Waals surface area contributed by atoms with Crippen molar-refractivity contribution in [2.45, 2.75) is 25.9 Å². The summed E-state index contributed by atoms with van der Waals surface area (Å²) in [7, 11) is 0. The van der Waals surface area contributed by atoms with Gasteiger partial charge in [-0.25, -0.2) is 0 Å². The number of aliphatic hydroxyl groups is 1. The van der Waals surface area contributed by atoms with Crippen LogP contribution < -0.4 is 0 Å². The molecule has 0 saturated heterocycles. The molecule has 0 aromatic carbocycles. The Balaban J connectivity index is 2.75. The van der Waals surface area contributed by atoms with Crippen molar-refractivity contribution in [3.63, 3.8) is 0 Å². The van der Waals surface area contributed by atoms with Gasteiger partial charge >= 0.3 is 5.97 Å². The molecule has 0 unspecified atom stereocenters. The van der Waals surface area contributed by atoms with E-state index < -0.39 is 12.1 Å². The van der Waals surface area contributed by atoms with Crippen LogP contribution in [0.3, 0.4) is 0 Å². The van der Waals surface area contributed by atoms with Gasteiger partial charge in [-0.05, 0) is 23.4 Å². The number of aliphatic carboxylic acids is 1. The molecule has 1 heterocycles. The molecule has 2 N–H and O–H groups in total. The summed E-state index contributed by atoms with van der Waals surface area (Å²) in [5.41, 5.74) is 1.04. The molecular formula is C9H12O3S. The van der Waals surface area contributed by atoms with Crippen LogP contribution in [0.2, 0.25) is 0 Å². The van der Waals surface area contributed by atoms with Crippen LogP contribution >= 0.6 is 11.3 Å². The number of rotatable bonds is 4. The van der Waals surface area contributed by atoms with E-state index in [4.69, 9.17) is 5.11 Å². The zero-order chi connectivity index (χ0) is 9.84. The van der Waals surface area contributed by atoms with E-state index in [1.807, 2.05) is 18.4 Å². The van der Waals surface area contributed by atoms with Crippen molar-refractivity contribution >= 4 is 17.3 Å². The van der Waals surface area contributed by atoms with Crippen LogP contribution in [0, 0.1) is 0 Å². The van der Waals surface area contributed by atoms with Gasteiger partial charge in [-0.3, -0.25) is 4.79 Å². The highest BCUT2D eigenvalue weighted by molar-refractivity contribution is 7.10. The second-order valence-corrected chi connectivity index (χ2v) is 3.72. The van der Waals surface area contributed by atoms with Gasteiger partial charge in [-0.1, -0.05) is 6.92 Å². The van der Waals surface area contributed by atoms with E-state index in [2.05, 4.69) is 0 Å². The number of carbonyl (C=O) groups is 1. The Morgan fingerprint density at radius 3 is 2.92 bits per heavy atom. The average molecular weight is 200 g/mol. The maximum absolute atomic E-state index is 10.3. The number of carboxylic acids is 1. The summed E-state index contributed by atoms with van der Waals surface area (Å²) in [5.74, 6) is -0.969. The van der Waals surface area contributed by atoms with Gasteiger partial charge in [-0.15, -0.1) is 11.3 Å². The normalized spacial score (nSPS) is 12.8. The molecule has 0 bridgehead atoms. The molecule has 0 saturated carbocycles. The minimum atomic E-state index is -0.969. The summed E-state index contributed by atoms with van der Waals surface area (Å²) < 4.78 is 0. The van der Waals surface area contributed by atoms with E-state index in [0.717, 1.165) is 16.9 Å². The number of hydrogen-bond donors (Lipinski definition) is 2. The first-order chi connectivity index (χ1) is 6.15. The van der Waals surface area contributed by atoms with Gasteiger partial charge in [0.25, 0.3) is 0 Å². The lowest BCUT2D eigenvalue weighted by Crippen LogP contribution is -2.05. The summed E-state index contributed by atoms with van der Waals surface area (Å²) in [5, 5.41) is 19.9. The fraction of sp³-hybridized carbons (Fsp3) is 0.444. The fourth-order valence-electron chi connectivity index (χ4n) is 1.19. The van der Waals surface area contributed by atoms with Crippen LogP contribution in [-0.4, -0.2) is 16.2 Å². The standard InChI is InChI=1S/C9H12O3S/c1-2-6-3-4-13-9(6)7(10)5-8(11)12/h3-4,7,10H,2,5H2,1H3,(H,11,12)/t7-/m1/s1. The first-order valence-corrected chi connectivity index (χ1v) is 4.99. The van der Waals surface area contributed by atoms with E-state index >= 15 is 0 Å². The third-order valence-corrected chi connectivity index (χ3v) is 2.89. The minimum absolute atomic E-state index is 0.215. The molecular weight excluding hydrogens is 188 g/mol. The lowest BCUT2D eigenvalue weighted by molar-refractivity contribution is -0.139. The van der Waals surface area contributed by atoms with Crippen LogP contribution in [0.5, 0.6) is 0 Å². The van der Waals surface area contributed by atoms with Gasteiger partial charge in [0.15, 0.2) is 0 Å². The van der Waals surface area contributed by atoms with Crippen molar-refractivity contribution in [3.8, 4) is 0 Å². The zero-order valence-corrected chi connectivity index (χ0v) is 8.17.